The SMILES string of the molecule is O=C(c1ccccc1)N1CCCC(NS(=O)(=O)N2CCCCC2)C1. The van der Waals surface area contributed by atoms with Crippen molar-refractivity contribution in [2.45, 2.75) is 38.1 Å². The number of likely N-dealkylation sites (tertiary alicyclic amines) is 1. The minimum Gasteiger partial charge on any atom is -0.337 e. The average Bonchev–Trinajstić information content (AvgIpc) is 2.62. The summed E-state index contributed by atoms with van der Waals surface area (Å²) in [5.41, 5.74) is 0.650. The standard InChI is InChI=1S/C17H25N3O3S/c21-17(15-8-3-1-4-9-15)19-11-7-10-16(14-19)18-24(22,23)20-12-5-2-6-13-20/h1,3-4,8-9,16,18H,2,5-7,10-14H2. The van der Waals surface area contributed by atoms with Gasteiger partial charge in [0.2, 0.25) is 0 Å². The Morgan fingerprint density at radius 2 is 1.71 bits per heavy atom. The molecule has 2 fully saturated rings. The Morgan fingerprint density at radius 3 is 2.42 bits per heavy atom. The maximum atomic E-state index is 12.6. The lowest BCUT2D eigenvalue weighted by Gasteiger charge is -2.35. The first-order valence-corrected chi connectivity index (χ1v) is 10.1. The van der Waals surface area contributed by atoms with Crippen LogP contribution in [0.2, 0.25) is 0 Å². The number of nitrogens with one attached hydrogen (secondary N) is 1. The van der Waals surface area contributed by atoms with E-state index >= 15 is 0 Å². The largest absolute Gasteiger partial charge is 0.337 e. The number of amides is 1. The van der Waals surface area contributed by atoms with Crippen molar-refractivity contribution in [3.8, 4) is 0 Å². The van der Waals surface area contributed by atoms with E-state index < -0.39 is 10.2 Å². The van der Waals surface area contributed by atoms with Gasteiger partial charge >= 0.3 is 0 Å². The summed E-state index contributed by atoms with van der Waals surface area (Å²) in [6.45, 7) is 2.29. The maximum absolute atomic E-state index is 12.6. The van der Waals surface area contributed by atoms with Crippen molar-refractivity contribution in [2.24, 2.45) is 0 Å². The van der Waals surface area contributed by atoms with E-state index in [9.17, 15) is 13.2 Å². The molecule has 2 heterocycles. The van der Waals surface area contributed by atoms with Gasteiger partial charge in [0.15, 0.2) is 0 Å². The van der Waals surface area contributed by atoms with E-state index in [0.717, 1.165) is 32.1 Å². The van der Waals surface area contributed by atoms with Crippen molar-refractivity contribution < 1.29 is 13.2 Å². The van der Waals surface area contributed by atoms with Crippen LogP contribution in [0.15, 0.2) is 30.3 Å². The maximum Gasteiger partial charge on any atom is 0.279 e. The molecule has 24 heavy (non-hydrogen) atoms. The summed E-state index contributed by atoms with van der Waals surface area (Å²) in [5.74, 6) is -0.0301. The Hall–Kier alpha value is -1.44. The smallest absolute Gasteiger partial charge is 0.279 e. The van der Waals surface area contributed by atoms with Crippen LogP contribution >= 0.6 is 0 Å². The van der Waals surface area contributed by atoms with Crippen LogP contribution in [0.5, 0.6) is 0 Å². The molecular weight excluding hydrogens is 326 g/mol. The van der Waals surface area contributed by atoms with Gasteiger partial charge in [-0.05, 0) is 37.8 Å². The van der Waals surface area contributed by atoms with Gasteiger partial charge in [-0.1, -0.05) is 24.6 Å². The van der Waals surface area contributed by atoms with Crippen LogP contribution in [-0.2, 0) is 10.2 Å². The quantitative estimate of drug-likeness (QED) is 0.896. The first-order valence-electron chi connectivity index (χ1n) is 8.68. The predicted molar refractivity (Wildman–Crippen MR) is 92.8 cm³/mol. The predicted octanol–water partition coefficient (Wildman–Crippen LogP) is 1.61. The Kier molecular flexibility index (Phi) is 5.53. The molecule has 2 aliphatic rings. The highest BCUT2D eigenvalue weighted by Gasteiger charge is 2.30. The second-order valence-corrected chi connectivity index (χ2v) is 8.24. The fraction of sp³-hybridized carbons (Fsp3) is 0.588. The molecule has 1 N–H and O–H groups in total. The van der Waals surface area contributed by atoms with E-state index in [2.05, 4.69) is 4.72 Å². The van der Waals surface area contributed by atoms with E-state index in [1.54, 1.807) is 17.0 Å². The molecule has 1 unspecified atom stereocenters. The summed E-state index contributed by atoms with van der Waals surface area (Å²) in [5, 5.41) is 0. The van der Waals surface area contributed by atoms with Gasteiger partial charge < -0.3 is 4.90 Å². The molecule has 3 rings (SSSR count). The minimum atomic E-state index is -3.45. The first kappa shape index (κ1) is 17.4. The number of hydrogen-bond donors (Lipinski definition) is 1. The van der Waals surface area contributed by atoms with Crippen molar-refractivity contribution in [2.75, 3.05) is 26.2 Å². The van der Waals surface area contributed by atoms with Crippen LogP contribution < -0.4 is 4.72 Å². The summed E-state index contributed by atoms with van der Waals surface area (Å²) in [7, 11) is -3.45. The van der Waals surface area contributed by atoms with Crippen molar-refractivity contribution >= 4 is 16.1 Å². The summed E-state index contributed by atoms with van der Waals surface area (Å²) in [6, 6.07) is 8.94. The number of carbonyl (C=O) groups is 1. The van der Waals surface area contributed by atoms with E-state index in [1.807, 2.05) is 18.2 Å². The molecule has 0 aliphatic carbocycles. The van der Waals surface area contributed by atoms with Crippen LogP contribution in [0.25, 0.3) is 0 Å². The third-order valence-corrected chi connectivity index (χ3v) is 6.38. The second-order valence-electron chi connectivity index (χ2n) is 6.54. The average molecular weight is 351 g/mol. The van der Waals surface area contributed by atoms with Crippen molar-refractivity contribution in [3.05, 3.63) is 35.9 Å². The number of benzene rings is 1. The monoisotopic (exact) mass is 351 g/mol. The molecule has 2 aliphatic heterocycles. The van der Waals surface area contributed by atoms with Crippen LogP contribution in [0.1, 0.15) is 42.5 Å². The fourth-order valence-electron chi connectivity index (χ4n) is 3.41. The van der Waals surface area contributed by atoms with Gasteiger partial charge in [0, 0.05) is 37.8 Å². The third-order valence-electron chi connectivity index (χ3n) is 4.70. The van der Waals surface area contributed by atoms with Gasteiger partial charge in [0.05, 0.1) is 0 Å². The van der Waals surface area contributed by atoms with Crippen LogP contribution in [0.3, 0.4) is 0 Å². The van der Waals surface area contributed by atoms with Gasteiger partial charge in [-0.25, -0.2) is 0 Å². The fourth-order valence-corrected chi connectivity index (χ4v) is 4.91. The lowest BCUT2D eigenvalue weighted by Crippen LogP contribution is -2.53. The highest BCUT2D eigenvalue weighted by atomic mass is 32.2. The van der Waals surface area contributed by atoms with Crippen molar-refractivity contribution in [1.29, 1.82) is 0 Å². The lowest BCUT2D eigenvalue weighted by atomic mass is 10.1. The van der Waals surface area contributed by atoms with Gasteiger partial charge in [0.25, 0.3) is 16.1 Å². The zero-order chi connectivity index (χ0) is 17.0. The normalized spacial score (nSPS) is 23.2. The molecule has 1 atom stereocenters. The molecule has 0 bridgehead atoms. The third kappa shape index (κ3) is 4.15. The zero-order valence-electron chi connectivity index (χ0n) is 13.9. The molecule has 6 nitrogen and oxygen atoms in total. The van der Waals surface area contributed by atoms with Gasteiger partial charge in [-0.15, -0.1) is 0 Å². The summed E-state index contributed by atoms with van der Waals surface area (Å²) < 4.78 is 29.4. The summed E-state index contributed by atoms with van der Waals surface area (Å²) in [4.78, 5) is 14.3. The summed E-state index contributed by atoms with van der Waals surface area (Å²) in [6.07, 6.45) is 4.51. The Balaban J connectivity index is 1.62. The molecule has 0 spiro atoms. The second kappa shape index (κ2) is 7.63. The lowest BCUT2D eigenvalue weighted by molar-refractivity contribution is 0.0702. The van der Waals surface area contributed by atoms with Crippen LogP contribution in [0.4, 0.5) is 0 Å². The van der Waals surface area contributed by atoms with Crippen molar-refractivity contribution in [3.63, 3.8) is 0 Å². The van der Waals surface area contributed by atoms with Gasteiger partial charge in [-0.2, -0.15) is 17.4 Å². The number of hydrogen-bond acceptors (Lipinski definition) is 3. The molecule has 0 radical (unpaired) electrons. The highest BCUT2D eigenvalue weighted by molar-refractivity contribution is 7.87. The van der Waals surface area contributed by atoms with E-state index in [0.29, 0.717) is 31.7 Å². The molecular formula is C17H25N3O3S. The molecule has 1 amide bonds. The number of carbonyl (C=O) groups excluding carboxylic acids is 1. The van der Waals surface area contributed by atoms with E-state index in [4.69, 9.17) is 0 Å². The number of rotatable bonds is 4. The van der Waals surface area contributed by atoms with Gasteiger partial charge in [0.1, 0.15) is 0 Å². The molecule has 132 valence electrons. The topological polar surface area (TPSA) is 69.7 Å². The van der Waals surface area contributed by atoms with Crippen molar-refractivity contribution in [1.82, 2.24) is 13.9 Å². The van der Waals surface area contributed by atoms with Crippen LogP contribution in [-0.4, -0.2) is 55.8 Å². The number of nitrogens with zero attached hydrogens (tertiary/aromatic N) is 2. The Morgan fingerprint density at radius 1 is 1.00 bits per heavy atom. The number of piperidine rings is 2. The molecule has 0 saturated carbocycles. The minimum absolute atomic E-state index is 0.0301. The molecule has 1 aromatic rings. The molecule has 7 heteroatoms. The molecule has 1 aromatic carbocycles. The van der Waals surface area contributed by atoms with Gasteiger partial charge in [-0.3, -0.25) is 4.79 Å². The van der Waals surface area contributed by atoms with Crippen LogP contribution in [0, 0.1) is 0 Å². The Labute approximate surface area is 144 Å². The molecule has 0 aromatic heterocycles. The molecule has 2 saturated heterocycles. The first-order chi connectivity index (χ1) is 11.6. The zero-order valence-corrected chi connectivity index (χ0v) is 14.7. The summed E-state index contributed by atoms with van der Waals surface area (Å²) >= 11 is 0. The van der Waals surface area contributed by atoms with E-state index in [1.165, 1.54) is 4.31 Å². The van der Waals surface area contributed by atoms with E-state index in [-0.39, 0.29) is 11.9 Å². The Bertz CT molecular complexity index is 657. The highest BCUT2D eigenvalue weighted by Crippen LogP contribution is 2.17.